The van der Waals surface area contributed by atoms with Gasteiger partial charge in [-0.1, -0.05) is 42.5 Å². The van der Waals surface area contributed by atoms with Crippen molar-refractivity contribution in [2.24, 2.45) is 0 Å². The fourth-order valence-electron chi connectivity index (χ4n) is 3.61. The molecule has 1 aliphatic heterocycles. The van der Waals surface area contributed by atoms with Gasteiger partial charge < -0.3 is 4.74 Å². The number of hydrogen-bond acceptors (Lipinski definition) is 6. The summed E-state index contributed by atoms with van der Waals surface area (Å²) in [7, 11) is 0. The van der Waals surface area contributed by atoms with Gasteiger partial charge in [0.25, 0.3) is 5.91 Å². The Hall–Kier alpha value is -1.93. The number of thiazole rings is 1. The number of amides is 1. The van der Waals surface area contributed by atoms with E-state index in [9.17, 15) is 4.79 Å². The molecule has 158 valence electrons. The highest BCUT2D eigenvalue weighted by Crippen LogP contribution is 2.32. The first-order chi connectivity index (χ1) is 14.7. The van der Waals surface area contributed by atoms with Gasteiger partial charge in [-0.3, -0.25) is 14.6 Å². The minimum absolute atomic E-state index is 0.0246. The lowest BCUT2D eigenvalue weighted by Gasteiger charge is -2.29. The summed E-state index contributed by atoms with van der Waals surface area (Å²) in [5, 5.41) is 0.772. The van der Waals surface area contributed by atoms with Crippen LogP contribution in [0.15, 0.2) is 47.4 Å². The van der Waals surface area contributed by atoms with E-state index in [1.165, 1.54) is 0 Å². The van der Waals surface area contributed by atoms with Crippen molar-refractivity contribution in [3.63, 3.8) is 0 Å². The van der Waals surface area contributed by atoms with Crippen molar-refractivity contribution in [1.29, 1.82) is 0 Å². The first kappa shape index (κ1) is 21.3. The average molecular weight is 442 g/mol. The maximum Gasteiger partial charge on any atom is 0.261 e. The number of para-hydroxylation sites is 1. The van der Waals surface area contributed by atoms with Gasteiger partial charge in [-0.15, -0.1) is 11.8 Å². The third-order valence-electron chi connectivity index (χ3n) is 5.25. The van der Waals surface area contributed by atoms with Gasteiger partial charge >= 0.3 is 0 Å². The average Bonchev–Trinajstić information content (AvgIpc) is 3.20. The summed E-state index contributed by atoms with van der Waals surface area (Å²) in [4.78, 5) is 23.8. The number of aromatic nitrogens is 1. The predicted molar refractivity (Wildman–Crippen MR) is 126 cm³/mol. The monoisotopic (exact) mass is 441 g/mol. The lowest BCUT2D eigenvalue weighted by Crippen LogP contribution is -2.43. The highest BCUT2D eigenvalue weighted by Gasteiger charge is 2.24. The van der Waals surface area contributed by atoms with E-state index in [0.29, 0.717) is 6.54 Å². The Balaban J connectivity index is 1.67. The number of fused-ring (bicyclic) bond motifs is 1. The molecule has 1 aromatic heterocycles. The molecule has 7 heteroatoms. The fraction of sp³-hybridized carbons (Fsp3) is 0.391. The van der Waals surface area contributed by atoms with Crippen molar-refractivity contribution in [1.82, 2.24) is 9.88 Å². The van der Waals surface area contributed by atoms with E-state index in [0.717, 1.165) is 70.0 Å². The standard InChI is InChI=1S/C23H27N3O2S2/c1-3-29-19-9-5-4-8-18(19)22(27)26(12-11-25-13-15-28-16-14-25)23-24-21-17(2)7-6-10-20(21)30-23/h4-10H,3,11-16H2,1-2H3. The number of rotatable bonds is 7. The summed E-state index contributed by atoms with van der Waals surface area (Å²) in [6, 6.07) is 14.1. The minimum Gasteiger partial charge on any atom is -0.379 e. The Kier molecular flexibility index (Phi) is 7.04. The predicted octanol–water partition coefficient (Wildman–Crippen LogP) is 4.70. The van der Waals surface area contributed by atoms with E-state index in [-0.39, 0.29) is 5.91 Å². The van der Waals surface area contributed by atoms with E-state index in [4.69, 9.17) is 9.72 Å². The zero-order valence-corrected chi connectivity index (χ0v) is 19.1. The molecule has 0 N–H and O–H groups in total. The van der Waals surface area contributed by atoms with Gasteiger partial charge in [0, 0.05) is 31.1 Å². The lowest BCUT2D eigenvalue weighted by molar-refractivity contribution is 0.0391. The maximum absolute atomic E-state index is 13.7. The highest BCUT2D eigenvalue weighted by molar-refractivity contribution is 7.99. The molecule has 2 aromatic carbocycles. The number of morpholine rings is 1. The second kappa shape index (κ2) is 9.92. The number of thioether (sulfide) groups is 1. The van der Waals surface area contributed by atoms with Crippen LogP contribution in [-0.4, -0.2) is 60.9 Å². The quantitative estimate of drug-likeness (QED) is 0.498. The Morgan fingerprint density at radius 3 is 2.77 bits per heavy atom. The molecule has 0 spiro atoms. The topological polar surface area (TPSA) is 45.7 Å². The molecule has 5 nitrogen and oxygen atoms in total. The number of carbonyl (C=O) groups excluding carboxylic acids is 1. The van der Waals surface area contributed by atoms with Crippen molar-refractivity contribution in [3.05, 3.63) is 53.6 Å². The molecule has 0 saturated carbocycles. The van der Waals surface area contributed by atoms with Crippen LogP contribution in [0.2, 0.25) is 0 Å². The summed E-state index contributed by atoms with van der Waals surface area (Å²) in [6.07, 6.45) is 0. The van der Waals surface area contributed by atoms with E-state index in [1.807, 2.05) is 35.2 Å². The molecule has 0 bridgehead atoms. The van der Waals surface area contributed by atoms with Crippen LogP contribution < -0.4 is 4.90 Å². The fourth-order valence-corrected chi connectivity index (χ4v) is 5.47. The number of ether oxygens (including phenoxy) is 1. The SMILES string of the molecule is CCSc1ccccc1C(=O)N(CCN1CCOCC1)c1nc2c(C)cccc2s1. The largest absolute Gasteiger partial charge is 0.379 e. The number of carbonyl (C=O) groups is 1. The van der Waals surface area contributed by atoms with Crippen LogP contribution in [-0.2, 0) is 4.74 Å². The molecule has 3 aromatic rings. The second-order valence-electron chi connectivity index (χ2n) is 7.26. The molecule has 30 heavy (non-hydrogen) atoms. The van der Waals surface area contributed by atoms with E-state index in [2.05, 4.69) is 30.9 Å². The van der Waals surface area contributed by atoms with Crippen LogP contribution in [0.3, 0.4) is 0 Å². The van der Waals surface area contributed by atoms with Crippen LogP contribution >= 0.6 is 23.1 Å². The van der Waals surface area contributed by atoms with Gasteiger partial charge in [-0.05, 0) is 36.4 Å². The van der Waals surface area contributed by atoms with Crippen molar-refractivity contribution in [2.75, 3.05) is 50.0 Å². The number of nitrogens with zero attached hydrogens (tertiary/aromatic N) is 3. The minimum atomic E-state index is 0.0246. The summed E-state index contributed by atoms with van der Waals surface area (Å²) in [5.41, 5.74) is 2.87. The highest BCUT2D eigenvalue weighted by atomic mass is 32.2. The smallest absolute Gasteiger partial charge is 0.261 e. The van der Waals surface area contributed by atoms with Gasteiger partial charge in [0.1, 0.15) is 0 Å². The normalized spacial score (nSPS) is 14.9. The van der Waals surface area contributed by atoms with Crippen molar-refractivity contribution < 1.29 is 9.53 Å². The van der Waals surface area contributed by atoms with E-state index >= 15 is 0 Å². The van der Waals surface area contributed by atoms with Crippen molar-refractivity contribution in [3.8, 4) is 0 Å². The molecule has 1 saturated heterocycles. The van der Waals surface area contributed by atoms with Crippen LogP contribution in [0, 0.1) is 6.92 Å². The van der Waals surface area contributed by atoms with Crippen LogP contribution in [0.25, 0.3) is 10.2 Å². The van der Waals surface area contributed by atoms with Gasteiger partial charge in [0.15, 0.2) is 5.13 Å². The molecule has 1 fully saturated rings. The third kappa shape index (κ3) is 4.70. The lowest BCUT2D eigenvalue weighted by atomic mass is 10.2. The summed E-state index contributed by atoms with van der Waals surface area (Å²) in [6.45, 7) is 8.92. The summed E-state index contributed by atoms with van der Waals surface area (Å²) >= 11 is 3.30. The second-order valence-corrected chi connectivity index (χ2v) is 9.57. The third-order valence-corrected chi connectivity index (χ3v) is 7.25. The van der Waals surface area contributed by atoms with Crippen LogP contribution in [0.4, 0.5) is 5.13 Å². The molecule has 0 atom stereocenters. The first-order valence-corrected chi connectivity index (χ1v) is 12.2. The van der Waals surface area contributed by atoms with Gasteiger partial charge in [0.2, 0.25) is 0 Å². The van der Waals surface area contributed by atoms with Gasteiger partial charge in [-0.2, -0.15) is 0 Å². The molecule has 0 aliphatic carbocycles. The maximum atomic E-state index is 13.7. The molecule has 4 rings (SSSR count). The van der Waals surface area contributed by atoms with Crippen molar-refractivity contribution in [2.45, 2.75) is 18.7 Å². The van der Waals surface area contributed by atoms with Gasteiger partial charge in [-0.25, -0.2) is 4.98 Å². The zero-order valence-electron chi connectivity index (χ0n) is 17.5. The number of anilines is 1. The molecule has 1 aliphatic rings. The zero-order chi connectivity index (χ0) is 20.9. The molecule has 2 heterocycles. The Morgan fingerprint density at radius 1 is 1.20 bits per heavy atom. The molecular formula is C23H27N3O2S2. The van der Waals surface area contributed by atoms with E-state index in [1.54, 1.807) is 23.1 Å². The molecule has 0 radical (unpaired) electrons. The van der Waals surface area contributed by atoms with E-state index < -0.39 is 0 Å². The molecule has 1 amide bonds. The van der Waals surface area contributed by atoms with Gasteiger partial charge in [0.05, 0.1) is 29.0 Å². The Labute approximate surface area is 186 Å². The Bertz CT molecular complexity index is 1010. The molecule has 0 unspecified atom stereocenters. The number of benzene rings is 2. The van der Waals surface area contributed by atoms with Crippen LogP contribution in [0.1, 0.15) is 22.8 Å². The summed E-state index contributed by atoms with van der Waals surface area (Å²) in [5.74, 6) is 0.954. The summed E-state index contributed by atoms with van der Waals surface area (Å²) < 4.78 is 6.58. The molecular weight excluding hydrogens is 414 g/mol. The Morgan fingerprint density at radius 2 is 2.00 bits per heavy atom. The number of hydrogen-bond donors (Lipinski definition) is 0. The van der Waals surface area contributed by atoms with Crippen LogP contribution in [0.5, 0.6) is 0 Å². The van der Waals surface area contributed by atoms with Crippen molar-refractivity contribution >= 4 is 44.4 Å². The first-order valence-electron chi connectivity index (χ1n) is 10.4. The number of aryl methyl sites for hydroxylation is 1.